The van der Waals surface area contributed by atoms with Crippen molar-refractivity contribution in [3.05, 3.63) is 28.8 Å². The monoisotopic (exact) mass is 386 g/mol. The van der Waals surface area contributed by atoms with Gasteiger partial charge in [0.25, 0.3) is 5.91 Å². The van der Waals surface area contributed by atoms with E-state index in [-0.39, 0.29) is 24.4 Å². The maximum atomic E-state index is 12.5. The Labute approximate surface area is 160 Å². The molecule has 2 heterocycles. The fourth-order valence-electron chi connectivity index (χ4n) is 2.98. The van der Waals surface area contributed by atoms with Crippen LogP contribution in [0.1, 0.15) is 44.5 Å². The van der Waals surface area contributed by atoms with Crippen molar-refractivity contribution in [2.45, 2.75) is 51.4 Å². The molecule has 0 spiro atoms. The number of likely N-dealkylation sites (tertiary alicyclic amines) is 1. The largest absolute Gasteiger partial charge is 0.496 e. The van der Waals surface area contributed by atoms with Gasteiger partial charge in [-0.25, -0.2) is 0 Å². The van der Waals surface area contributed by atoms with Crippen LogP contribution in [0.15, 0.2) is 18.2 Å². The van der Waals surface area contributed by atoms with Gasteiger partial charge in [0.05, 0.1) is 11.2 Å². The van der Waals surface area contributed by atoms with Crippen LogP contribution in [0.25, 0.3) is 0 Å². The van der Waals surface area contributed by atoms with Crippen LogP contribution in [0.4, 0.5) is 0 Å². The first-order chi connectivity index (χ1) is 11.1. The van der Waals surface area contributed by atoms with Gasteiger partial charge < -0.3 is 19.9 Å². The Morgan fingerprint density at radius 3 is 2.36 bits per heavy atom. The van der Waals surface area contributed by atoms with E-state index in [9.17, 15) is 4.79 Å². The maximum absolute atomic E-state index is 12.5. The van der Waals surface area contributed by atoms with Crippen LogP contribution in [0, 0.1) is 0 Å². The average molecular weight is 387 g/mol. The number of carbonyl (C=O) groups excluding carboxylic acids is 1. The van der Waals surface area contributed by atoms with Crippen LogP contribution in [0.2, 0.25) is 5.02 Å². The van der Waals surface area contributed by atoms with Gasteiger partial charge in [0.1, 0.15) is 0 Å². The molecule has 0 radical (unpaired) electrons. The minimum Gasteiger partial charge on any atom is -0.399 e. The third-order valence-corrected chi connectivity index (χ3v) is 5.59. The second-order valence-electron chi connectivity index (χ2n) is 7.62. The van der Waals surface area contributed by atoms with E-state index >= 15 is 0 Å². The van der Waals surface area contributed by atoms with Gasteiger partial charge in [0, 0.05) is 35.2 Å². The predicted molar refractivity (Wildman–Crippen MR) is 103 cm³/mol. The smallest absolute Gasteiger partial charge is 0.399 e. The van der Waals surface area contributed by atoms with E-state index in [1.807, 2.05) is 33.8 Å². The summed E-state index contributed by atoms with van der Waals surface area (Å²) in [4.78, 5) is 14.3. The summed E-state index contributed by atoms with van der Waals surface area (Å²) in [7, 11) is -0.535. The van der Waals surface area contributed by atoms with Crippen molar-refractivity contribution in [3.63, 3.8) is 0 Å². The highest BCUT2D eigenvalue weighted by molar-refractivity contribution is 6.65. The average Bonchev–Trinajstić information content (AvgIpc) is 2.99. The molecule has 0 bridgehead atoms. The molecule has 1 aromatic rings. The minimum atomic E-state index is -0.535. The van der Waals surface area contributed by atoms with Crippen molar-refractivity contribution < 1.29 is 14.1 Å². The summed E-state index contributed by atoms with van der Waals surface area (Å²) in [6.07, 6.45) is 0.839. The lowest BCUT2D eigenvalue weighted by Gasteiger charge is -2.32. The van der Waals surface area contributed by atoms with Crippen LogP contribution in [0.3, 0.4) is 0 Å². The van der Waals surface area contributed by atoms with Crippen molar-refractivity contribution in [1.82, 2.24) is 4.90 Å². The summed E-state index contributed by atoms with van der Waals surface area (Å²) in [5, 5.41) is 0.475. The predicted octanol–water partition coefficient (Wildman–Crippen LogP) is 2.23. The Kier molecular flexibility index (Phi) is 5.82. The first-order valence-corrected chi connectivity index (χ1v) is 8.68. The topological polar surface area (TPSA) is 64.8 Å². The van der Waals surface area contributed by atoms with Crippen molar-refractivity contribution in [1.29, 1.82) is 0 Å². The molecule has 0 aromatic heterocycles. The highest BCUT2D eigenvalue weighted by Crippen LogP contribution is 2.37. The molecule has 0 saturated carbocycles. The molecule has 1 amide bonds. The summed E-state index contributed by atoms with van der Waals surface area (Å²) in [5.41, 5.74) is 6.32. The van der Waals surface area contributed by atoms with Gasteiger partial charge in [-0.2, -0.15) is 0 Å². The Morgan fingerprint density at radius 2 is 1.88 bits per heavy atom. The van der Waals surface area contributed by atoms with Crippen molar-refractivity contribution in [2.75, 3.05) is 13.1 Å². The zero-order valence-corrected chi connectivity index (χ0v) is 16.6. The van der Waals surface area contributed by atoms with Crippen LogP contribution in [-0.4, -0.2) is 48.3 Å². The molecule has 138 valence electrons. The van der Waals surface area contributed by atoms with Crippen LogP contribution >= 0.6 is 24.0 Å². The molecule has 2 aliphatic heterocycles. The molecule has 2 fully saturated rings. The normalized spacial score (nSPS) is 24.3. The van der Waals surface area contributed by atoms with E-state index in [0.717, 1.165) is 11.9 Å². The third-order valence-electron chi connectivity index (χ3n) is 5.27. The maximum Gasteiger partial charge on any atom is 0.496 e. The number of amides is 1. The van der Waals surface area contributed by atoms with Gasteiger partial charge in [-0.3, -0.25) is 4.79 Å². The van der Waals surface area contributed by atoms with Gasteiger partial charge in [-0.05, 0) is 46.2 Å². The first kappa shape index (κ1) is 20.5. The molecule has 3 rings (SSSR count). The standard InChI is InChI=1S/C17H24BClN2O3.ClH/c1-16(2)17(3,4)24-18(23-16)13-6-5-11(9-14(13)19)15(22)21-8-7-12(20)10-21;/h5-6,9,12H,7-8,10,20H2,1-4H3;1H/t12-;/m1./s1. The molecular formula is C17H25BCl2N2O3. The van der Waals surface area contributed by atoms with E-state index in [4.69, 9.17) is 26.6 Å². The number of nitrogens with zero attached hydrogens (tertiary/aromatic N) is 1. The highest BCUT2D eigenvalue weighted by Gasteiger charge is 2.52. The Morgan fingerprint density at radius 1 is 1.28 bits per heavy atom. The summed E-state index contributed by atoms with van der Waals surface area (Å²) < 4.78 is 12.1. The zero-order chi connectivity index (χ0) is 17.7. The quantitative estimate of drug-likeness (QED) is 0.791. The molecule has 1 atom stereocenters. The Bertz CT molecular complexity index is 653. The summed E-state index contributed by atoms with van der Waals surface area (Å²) in [6, 6.07) is 5.34. The fraction of sp³-hybridized carbons (Fsp3) is 0.588. The number of hydrogen-bond acceptors (Lipinski definition) is 4. The van der Waals surface area contributed by atoms with Crippen molar-refractivity contribution >= 4 is 42.5 Å². The highest BCUT2D eigenvalue weighted by atomic mass is 35.5. The van der Waals surface area contributed by atoms with Gasteiger partial charge in [-0.15, -0.1) is 12.4 Å². The third kappa shape index (κ3) is 3.83. The van der Waals surface area contributed by atoms with Gasteiger partial charge in [-0.1, -0.05) is 17.7 Å². The van der Waals surface area contributed by atoms with Gasteiger partial charge in [0.2, 0.25) is 0 Å². The Balaban J connectivity index is 0.00000225. The lowest BCUT2D eigenvalue weighted by Crippen LogP contribution is -2.41. The molecule has 8 heteroatoms. The van der Waals surface area contributed by atoms with E-state index in [1.54, 1.807) is 17.0 Å². The number of benzene rings is 1. The lowest BCUT2D eigenvalue weighted by atomic mass is 9.78. The SMILES string of the molecule is CC1(C)OB(c2ccc(C(=O)N3CC[C@@H](N)C3)cc2Cl)OC1(C)C.Cl. The molecule has 1 aromatic carbocycles. The molecule has 2 aliphatic rings. The molecule has 5 nitrogen and oxygen atoms in total. The number of carbonyl (C=O) groups is 1. The molecule has 25 heavy (non-hydrogen) atoms. The summed E-state index contributed by atoms with van der Waals surface area (Å²) >= 11 is 6.42. The van der Waals surface area contributed by atoms with Crippen LogP contribution in [-0.2, 0) is 9.31 Å². The second-order valence-corrected chi connectivity index (χ2v) is 8.03. The molecule has 2 N–H and O–H groups in total. The molecule has 0 unspecified atom stereocenters. The van der Waals surface area contributed by atoms with Gasteiger partial charge >= 0.3 is 7.12 Å². The van der Waals surface area contributed by atoms with Crippen LogP contribution < -0.4 is 11.2 Å². The summed E-state index contributed by atoms with van der Waals surface area (Å²) in [6.45, 7) is 9.27. The number of halogens is 2. The van der Waals surface area contributed by atoms with E-state index in [1.165, 1.54) is 0 Å². The molecule has 0 aliphatic carbocycles. The zero-order valence-electron chi connectivity index (χ0n) is 15.0. The minimum absolute atomic E-state index is 0. The number of hydrogen-bond donors (Lipinski definition) is 1. The summed E-state index contributed by atoms with van der Waals surface area (Å²) in [5.74, 6) is -0.0367. The second kappa shape index (κ2) is 7.08. The van der Waals surface area contributed by atoms with E-state index < -0.39 is 18.3 Å². The van der Waals surface area contributed by atoms with Crippen molar-refractivity contribution in [2.24, 2.45) is 5.73 Å². The van der Waals surface area contributed by atoms with Crippen LogP contribution in [0.5, 0.6) is 0 Å². The number of nitrogens with two attached hydrogens (primary N) is 1. The van der Waals surface area contributed by atoms with E-state index in [2.05, 4.69) is 0 Å². The van der Waals surface area contributed by atoms with Crippen molar-refractivity contribution in [3.8, 4) is 0 Å². The molecular weight excluding hydrogens is 362 g/mol. The van der Waals surface area contributed by atoms with E-state index in [0.29, 0.717) is 23.7 Å². The Hall–Kier alpha value is -0.785. The molecule has 2 saturated heterocycles. The first-order valence-electron chi connectivity index (χ1n) is 8.31. The lowest BCUT2D eigenvalue weighted by molar-refractivity contribution is 0.00578. The fourth-order valence-corrected chi connectivity index (χ4v) is 3.25. The van der Waals surface area contributed by atoms with Gasteiger partial charge in [0.15, 0.2) is 0 Å². The number of rotatable bonds is 2.